The van der Waals surface area contributed by atoms with E-state index in [0.29, 0.717) is 17.0 Å². The lowest BCUT2D eigenvalue weighted by Crippen LogP contribution is -2.33. The summed E-state index contributed by atoms with van der Waals surface area (Å²) >= 11 is 35.1. The van der Waals surface area contributed by atoms with Crippen LogP contribution in [0.5, 0.6) is 0 Å². The molecular weight excluding hydrogens is 1560 g/mol. The second-order valence-electron chi connectivity index (χ2n) is 10.7. The van der Waals surface area contributed by atoms with Gasteiger partial charge in [-0.3, -0.25) is 14.4 Å². The molecule has 0 saturated carbocycles. The molecule has 0 spiro atoms. The number of aryl methyl sites for hydroxylation is 3. The summed E-state index contributed by atoms with van der Waals surface area (Å²) in [5, 5.41) is 0.741. The second kappa shape index (κ2) is 51.2. The van der Waals surface area contributed by atoms with E-state index in [2.05, 4.69) is 44.0 Å². The zero-order chi connectivity index (χ0) is 50.6. The first kappa shape index (κ1) is 71.4. The molecule has 0 N–H and O–H groups in total. The zero-order valence-electron chi connectivity index (χ0n) is 33.7. The van der Waals surface area contributed by atoms with Gasteiger partial charge in [0.25, 0.3) is 11.8 Å². The number of imide groups is 1. The summed E-state index contributed by atoms with van der Waals surface area (Å²) < 4.78 is 0. The number of hydrogen-bond acceptors (Lipinski definition) is 9. The second-order valence-corrected chi connectivity index (χ2v) is 54.0. The molecule has 2 amide bonds. The Morgan fingerprint density at radius 2 is 0.853 bits per heavy atom. The fraction of sp³-hybridized carbons (Fsp3) is 0.290. The summed E-state index contributed by atoms with van der Waals surface area (Å²) in [6.07, 6.45) is 1.54. The van der Waals surface area contributed by atoms with Crippen LogP contribution in [0.15, 0.2) is 78.9 Å². The van der Waals surface area contributed by atoms with Gasteiger partial charge >= 0.3 is 5.97 Å². The van der Waals surface area contributed by atoms with E-state index in [0.717, 1.165) is 17.5 Å². The molecule has 2 atom stereocenters. The molecule has 3 aromatic rings. The molecule has 1 aliphatic rings. The number of hydroxylamine groups is 2. The van der Waals surface area contributed by atoms with Crippen LogP contribution in [0, 0.1) is 13.8 Å². The Labute approximate surface area is 508 Å². The summed E-state index contributed by atoms with van der Waals surface area (Å²) in [7, 11) is 38.0. The maximum Gasteiger partial charge on any atom is 0.351 e. The van der Waals surface area contributed by atoms with Crippen molar-refractivity contribution in [1.29, 1.82) is 0 Å². The minimum atomic E-state index is -0.714. The summed E-state index contributed by atoms with van der Waals surface area (Å²) in [6, 6.07) is 25.5. The number of ketones is 1. The lowest BCUT2D eigenvalue weighted by molar-refractivity contribution is -0.197. The Kier molecular flexibility index (Phi) is 53.8. The van der Waals surface area contributed by atoms with E-state index in [9.17, 15) is 19.2 Å². The Balaban J connectivity index is 0.000000875. The predicted octanol–water partition coefficient (Wildman–Crippen LogP) is 8.03. The molecule has 1 aliphatic heterocycles. The fourth-order valence-electron chi connectivity index (χ4n) is 3.84. The van der Waals surface area contributed by atoms with Crippen LogP contribution in [0.25, 0.3) is 0 Å². The highest BCUT2D eigenvalue weighted by Crippen LogP contribution is 2.27. The normalized spacial score (nSPS) is 11.1. The quantitative estimate of drug-likeness (QED) is 0.165. The van der Waals surface area contributed by atoms with Gasteiger partial charge in [-0.1, -0.05) is 122 Å². The number of alkyl halides is 4. The van der Waals surface area contributed by atoms with E-state index < -0.39 is 22.6 Å². The number of Topliss-reactive ketones (excluding diaryl/α,β-unsaturated/α-hetero) is 1. The average molecular weight is 1590 g/mol. The van der Waals surface area contributed by atoms with Crippen LogP contribution in [-0.4, -0.2) is 34.0 Å². The number of halogens is 4. The zero-order valence-corrected chi connectivity index (χ0v) is 60.4. The predicted molar refractivity (Wildman–Crippen MR) is 368 cm³/mol. The molecule has 0 bridgehead atoms. The van der Waals surface area contributed by atoms with E-state index in [4.69, 9.17) is 72.8 Å². The molecule has 1 saturated heterocycles. The van der Waals surface area contributed by atoms with Gasteiger partial charge < -0.3 is 4.84 Å². The van der Waals surface area contributed by atoms with Gasteiger partial charge in [0.15, 0.2) is 5.78 Å². The first-order valence-corrected chi connectivity index (χ1v) is 53.1. The molecule has 2 unspecified atom stereocenters. The van der Waals surface area contributed by atoms with Crippen molar-refractivity contribution in [3.8, 4) is 0 Å². The average Bonchev–Trinajstić information content (AvgIpc) is 3.66. The highest BCUT2D eigenvalue weighted by molar-refractivity contribution is 9.09. The largest absolute Gasteiger partial charge is 0.351 e. The SMILES string of the molecule is Cc1ccc(C(Br)C(=O)CCc2ccccc2)cc1.Cc1ccc(C(Br)C(=O)ON2C(=O)CCC2=O)cc1.ClCCl.S=S=S=S=S=S=S=S=S=S=S=S=S.S=S=S=S=S=S=S=S=S=S=S=S=S=S. The lowest BCUT2D eigenvalue weighted by Gasteiger charge is -2.15. The smallest absolute Gasteiger partial charge is 0.329 e. The first-order valence-electron chi connectivity index (χ1n) is 16.9. The Hall–Kier alpha value is 3.42. The van der Waals surface area contributed by atoms with E-state index in [-0.39, 0.29) is 28.8 Å². The Morgan fingerprint density at radius 1 is 0.544 bits per heavy atom. The van der Waals surface area contributed by atoms with Crippen LogP contribution in [0.3, 0.4) is 0 Å². The van der Waals surface area contributed by atoms with E-state index >= 15 is 0 Å². The van der Waals surface area contributed by atoms with Crippen LogP contribution in [0.4, 0.5) is 0 Å². The van der Waals surface area contributed by atoms with Crippen molar-refractivity contribution in [1.82, 2.24) is 5.06 Å². The van der Waals surface area contributed by atoms with Crippen LogP contribution >= 0.6 is 55.1 Å². The van der Waals surface area contributed by atoms with Gasteiger partial charge in [-0.15, -0.1) is 28.3 Å². The van der Waals surface area contributed by atoms with Crippen LogP contribution in [0.2, 0.25) is 0 Å². The number of hydrogen-bond donors (Lipinski definition) is 0. The van der Waals surface area contributed by atoms with Gasteiger partial charge in [-0.25, -0.2) is 4.79 Å². The minimum Gasteiger partial charge on any atom is -0.329 e. The summed E-state index contributed by atoms with van der Waals surface area (Å²) in [6.45, 7) is 3.98. The topological polar surface area (TPSA) is 80.8 Å². The van der Waals surface area contributed by atoms with Crippen molar-refractivity contribution in [2.45, 2.75) is 49.2 Å². The first-order chi connectivity index (χ1) is 32.9. The Bertz CT molecular complexity index is 3080. The maximum atomic E-state index is 12.2. The molecule has 0 aliphatic carbocycles. The third kappa shape index (κ3) is 39.7. The monoisotopic (exact) mass is 1590 g/mol. The highest BCUT2D eigenvalue weighted by atomic mass is 79.9. The number of benzene rings is 3. The van der Waals surface area contributed by atoms with Crippen LogP contribution in [-0.2, 0) is 279 Å². The number of nitrogens with zero attached hydrogens (tertiary/aromatic N) is 1. The Morgan fingerprint density at radius 3 is 1.18 bits per heavy atom. The molecule has 37 heteroatoms. The minimum absolute atomic E-state index is 0.0869. The third-order valence-corrected chi connectivity index (χ3v) is 55.1. The van der Waals surface area contributed by atoms with E-state index in [1.54, 1.807) is 181 Å². The number of amides is 2. The molecule has 0 aromatic heterocycles. The highest BCUT2D eigenvalue weighted by Gasteiger charge is 2.34. The lowest BCUT2D eigenvalue weighted by atomic mass is 10.0. The molecule has 68 heavy (non-hydrogen) atoms. The summed E-state index contributed by atoms with van der Waals surface area (Å²) in [5.74, 6) is -1.43. The maximum absolute atomic E-state index is 12.2. The number of rotatable bonds is 8. The number of carbonyl (C=O) groups excluding carboxylic acids is 4. The fourth-order valence-corrected chi connectivity index (χ4v) is 56.9. The standard InChI is InChI=1S/C17H17BrO.C13H12BrNO4.CH2Cl2.S14.S13/c1-13-7-10-15(11-8-13)17(18)16(19)12-9-14-5-3-2-4-6-14;1-8-2-4-9(5-3-8)12(14)13(18)19-15-10(16)6-7-11(15)17;2-1-3;1-3-5-7-9-11-13-14-12-10-8-6-4-2;1-3-5-7-9-11-13-12-10-8-6-4-2/h2-8,10-11,17H,9,12H2,1H3;2-5,12H,6-7H2,1H3;1H2;;. The van der Waals surface area contributed by atoms with Gasteiger partial charge in [0.2, 0.25) is 0 Å². The van der Waals surface area contributed by atoms with Crippen molar-refractivity contribution in [2.75, 3.05) is 5.34 Å². The van der Waals surface area contributed by atoms with Crippen molar-refractivity contribution in [3.05, 3.63) is 107 Å². The van der Waals surface area contributed by atoms with E-state index in [1.807, 2.05) is 68.4 Å². The molecule has 3 aromatic carbocycles. The molecule has 380 valence electrons. The molecule has 6 nitrogen and oxygen atoms in total. The van der Waals surface area contributed by atoms with Gasteiger partial charge in [0.05, 0.1) is 10.2 Å². The van der Waals surface area contributed by atoms with Crippen molar-refractivity contribution < 1.29 is 24.0 Å². The van der Waals surface area contributed by atoms with Gasteiger partial charge in [0, 0.05) is 268 Å². The third-order valence-electron chi connectivity index (χ3n) is 6.50. The summed E-state index contributed by atoms with van der Waals surface area (Å²) in [4.78, 5) is 50.6. The van der Waals surface area contributed by atoms with Crippen molar-refractivity contribution in [2.24, 2.45) is 0 Å². The van der Waals surface area contributed by atoms with Crippen molar-refractivity contribution >= 4 is 328 Å². The van der Waals surface area contributed by atoms with Crippen LogP contribution in [0.1, 0.15) is 56.7 Å². The van der Waals surface area contributed by atoms with E-state index in [1.165, 1.54) is 46.6 Å². The molecule has 4 rings (SSSR count). The van der Waals surface area contributed by atoms with Gasteiger partial charge in [0.1, 0.15) is 4.83 Å². The number of carbonyl (C=O) groups is 4. The van der Waals surface area contributed by atoms with Gasteiger partial charge in [-0.2, -0.15) is 0 Å². The molecule has 0 radical (unpaired) electrons. The van der Waals surface area contributed by atoms with Gasteiger partial charge in [-0.05, 0) is 37.0 Å². The molecule has 1 heterocycles. The molecule has 1 fully saturated rings. The van der Waals surface area contributed by atoms with Crippen LogP contribution < -0.4 is 0 Å². The molecular formula is C31H31Br2Cl2NO5S27. The van der Waals surface area contributed by atoms with Crippen molar-refractivity contribution in [3.63, 3.8) is 0 Å². The summed E-state index contributed by atoms with van der Waals surface area (Å²) in [5.41, 5.74) is 5.22.